The van der Waals surface area contributed by atoms with E-state index in [1.54, 1.807) is 0 Å². The van der Waals surface area contributed by atoms with E-state index in [0.29, 0.717) is 0 Å². The van der Waals surface area contributed by atoms with Crippen molar-refractivity contribution < 1.29 is 37.2 Å². The maximum Gasteiger partial charge on any atom is 3.00 e. The number of likely N-dealkylation sites (N-methyl/N-ethyl adjacent to an activating group) is 1. The van der Waals surface area contributed by atoms with Crippen LogP contribution in [0.25, 0.3) is 0 Å². The molecule has 0 aromatic carbocycles. The minimum absolute atomic E-state index is 0. The average Bonchev–Trinajstić information content (AvgIpc) is 1.90. The van der Waals surface area contributed by atoms with E-state index in [9.17, 15) is 0 Å². The Labute approximate surface area is 104 Å². The van der Waals surface area contributed by atoms with Crippen LogP contribution in [0.1, 0.15) is 6.92 Å². The second-order valence-corrected chi connectivity index (χ2v) is 1.86. The van der Waals surface area contributed by atoms with Crippen LogP contribution >= 0.6 is 0 Å². The molecule has 68 valence electrons. The number of rotatable bonds is 1. The summed E-state index contributed by atoms with van der Waals surface area (Å²) in [7, 11) is 0. The Morgan fingerprint density at radius 2 is 1.75 bits per heavy atom. The van der Waals surface area contributed by atoms with Gasteiger partial charge in [-0.15, -0.1) is 0 Å². The predicted molar refractivity (Wildman–Crippen MR) is 41.3 cm³/mol. The molecule has 1 heterocycles. The standard InChI is InChI=1S/C7H11N.Al.3ClH/c1-2-8-6-4-3-5-7-8;;;;/h3-6H,2,7H2,1H3;;3*1H/q;+3;;;/p-3. The molecule has 0 N–H and O–H groups in total. The van der Waals surface area contributed by atoms with Gasteiger partial charge in [-0.3, -0.25) is 0 Å². The van der Waals surface area contributed by atoms with Gasteiger partial charge < -0.3 is 42.1 Å². The zero-order valence-corrected chi connectivity index (χ0v) is 10.3. The monoisotopic (exact) mass is 241 g/mol. The Bertz CT molecular complexity index is 128. The largest absolute Gasteiger partial charge is 3.00 e. The molecule has 1 aliphatic heterocycles. The molecule has 0 fully saturated rings. The van der Waals surface area contributed by atoms with Crippen molar-refractivity contribution in [1.29, 1.82) is 0 Å². The molecule has 0 amide bonds. The Morgan fingerprint density at radius 1 is 1.17 bits per heavy atom. The third-order valence-corrected chi connectivity index (χ3v) is 1.29. The van der Waals surface area contributed by atoms with Gasteiger partial charge in [-0.05, 0) is 19.2 Å². The molecule has 0 spiro atoms. The summed E-state index contributed by atoms with van der Waals surface area (Å²) in [6, 6.07) is 0. The maximum atomic E-state index is 2.25. The van der Waals surface area contributed by atoms with Crippen LogP contribution in [-0.4, -0.2) is 35.4 Å². The van der Waals surface area contributed by atoms with Gasteiger partial charge in [0.15, 0.2) is 0 Å². The summed E-state index contributed by atoms with van der Waals surface area (Å²) in [6.45, 7) is 4.34. The summed E-state index contributed by atoms with van der Waals surface area (Å²) in [4.78, 5) is 2.25. The average molecular weight is 243 g/mol. The van der Waals surface area contributed by atoms with E-state index in [1.165, 1.54) is 0 Å². The molecule has 0 aromatic rings. The summed E-state index contributed by atoms with van der Waals surface area (Å²) < 4.78 is 0. The van der Waals surface area contributed by atoms with E-state index in [0.717, 1.165) is 13.1 Å². The van der Waals surface area contributed by atoms with Crippen molar-refractivity contribution in [3.8, 4) is 0 Å². The van der Waals surface area contributed by atoms with Crippen LogP contribution in [0.15, 0.2) is 24.4 Å². The first-order chi connectivity index (χ1) is 3.93. The molecule has 0 unspecified atom stereocenters. The molecule has 1 rings (SSSR count). The summed E-state index contributed by atoms with van der Waals surface area (Å²) in [5.74, 6) is 0. The van der Waals surface area contributed by atoms with E-state index in [1.807, 2.05) is 0 Å². The van der Waals surface area contributed by atoms with Crippen LogP contribution < -0.4 is 37.2 Å². The summed E-state index contributed by atoms with van der Waals surface area (Å²) in [5, 5.41) is 0. The third kappa shape index (κ3) is 8.78. The third-order valence-electron chi connectivity index (χ3n) is 1.29. The molecule has 1 aliphatic rings. The molecule has 0 saturated carbocycles. The van der Waals surface area contributed by atoms with E-state index < -0.39 is 0 Å². The van der Waals surface area contributed by atoms with Crippen molar-refractivity contribution in [1.82, 2.24) is 4.90 Å². The first kappa shape index (κ1) is 23.0. The van der Waals surface area contributed by atoms with Gasteiger partial charge in [-0.1, -0.05) is 12.2 Å². The first-order valence-corrected chi connectivity index (χ1v) is 3.01. The van der Waals surface area contributed by atoms with Crippen molar-refractivity contribution in [3.63, 3.8) is 0 Å². The molecule has 0 aliphatic carbocycles. The molecule has 0 atom stereocenters. The van der Waals surface area contributed by atoms with Crippen LogP contribution in [0.5, 0.6) is 0 Å². The second kappa shape index (κ2) is 14.2. The van der Waals surface area contributed by atoms with Crippen LogP contribution in [0.2, 0.25) is 0 Å². The van der Waals surface area contributed by atoms with Gasteiger partial charge in [-0.2, -0.15) is 0 Å². The van der Waals surface area contributed by atoms with Crippen molar-refractivity contribution in [2.45, 2.75) is 6.92 Å². The molecule has 1 nitrogen and oxygen atoms in total. The minimum Gasteiger partial charge on any atom is -1.00 e. The van der Waals surface area contributed by atoms with Crippen molar-refractivity contribution in [3.05, 3.63) is 24.4 Å². The topological polar surface area (TPSA) is 3.24 Å². The fourth-order valence-electron chi connectivity index (χ4n) is 0.742. The minimum atomic E-state index is 0. The van der Waals surface area contributed by atoms with Gasteiger partial charge in [0.1, 0.15) is 0 Å². The van der Waals surface area contributed by atoms with Gasteiger partial charge in [-0.25, -0.2) is 0 Å². The fraction of sp³-hybridized carbons (Fsp3) is 0.429. The van der Waals surface area contributed by atoms with Gasteiger partial charge in [0.25, 0.3) is 0 Å². The zero-order valence-electron chi connectivity index (χ0n) is 6.88. The Morgan fingerprint density at radius 3 is 2.00 bits per heavy atom. The van der Waals surface area contributed by atoms with Crippen molar-refractivity contribution in [2.24, 2.45) is 0 Å². The zero-order chi connectivity index (χ0) is 5.82. The second-order valence-electron chi connectivity index (χ2n) is 1.86. The van der Waals surface area contributed by atoms with Crippen molar-refractivity contribution >= 4 is 17.4 Å². The Balaban J connectivity index is -0.0000000800. The van der Waals surface area contributed by atoms with Gasteiger partial charge in [0.05, 0.1) is 0 Å². The number of allylic oxidation sites excluding steroid dienone is 2. The fourth-order valence-corrected chi connectivity index (χ4v) is 0.742. The normalized spacial score (nSPS) is 11.6. The summed E-state index contributed by atoms with van der Waals surface area (Å²) in [6.07, 6.45) is 8.41. The molecule has 5 heteroatoms. The first-order valence-electron chi connectivity index (χ1n) is 3.01. The van der Waals surface area contributed by atoms with E-state index >= 15 is 0 Å². The molecule has 0 radical (unpaired) electrons. The maximum absolute atomic E-state index is 2.25. The number of hydrogen-bond acceptors (Lipinski definition) is 1. The van der Waals surface area contributed by atoms with Crippen molar-refractivity contribution in [2.75, 3.05) is 13.1 Å². The van der Waals surface area contributed by atoms with Gasteiger partial charge >= 0.3 is 17.4 Å². The molecule has 12 heavy (non-hydrogen) atoms. The SMILES string of the molecule is CCN1C=CC=CC1.[Al+3].[Cl-].[Cl-].[Cl-]. The Hall–Kier alpha value is 0.682. The molecule has 0 bridgehead atoms. The summed E-state index contributed by atoms with van der Waals surface area (Å²) in [5.41, 5.74) is 0. The number of halogens is 3. The van der Waals surface area contributed by atoms with Crippen LogP contribution in [0.3, 0.4) is 0 Å². The van der Waals surface area contributed by atoms with Gasteiger partial charge in [0, 0.05) is 13.1 Å². The van der Waals surface area contributed by atoms with Crippen LogP contribution in [-0.2, 0) is 0 Å². The molecular formula is C7H11AlCl3N. The number of hydrogen-bond donors (Lipinski definition) is 0. The smallest absolute Gasteiger partial charge is 1.00 e. The Kier molecular flexibility index (Phi) is 27.2. The number of nitrogens with zero attached hydrogens (tertiary/aromatic N) is 1. The molecular weight excluding hydrogens is 231 g/mol. The van der Waals surface area contributed by atoms with Crippen LogP contribution in [0.4, 0.5) is 0 Å². The van der Waals surface area contributed by atoms with E-state index in [2.05, 4.69) is 36.3 Å². The summed E-state index contributed by atoms with van der Waals surface area (Å²) >= 11 is 0. The van der Waals surface area contributed by atoms with Crippen LogP contribution in [0, 0.1) is 0 Å². The van der Waals surface area contributed by atoms with E-state index in [-0.39, 0.29) is 54.6 Å². The quantitative estimate of drug-likeness (QED) is 0.413. The van der Waals surface area contributed by atoms with Gasteiger partial charge in [0.2, 0.25) is 0 Å². The predicted octanol–water partition coefficient (Wildman–Crippen LogP) is -7.98. The van der Waals surface area contributed by atoms with E-state index in [4.69, 9.17) is 0 Å². The molecule has 0 aromatic heterocycles. The molecule has 0 saturated heterocycles.